The van der Waals surface area contributed by atoms with Gasteiger partial charge >= 0.3 is 5.97 Å². The first-order valence-corrected chi connectivity index (χ1v) is 10.0. The second kappa shape index (κ2) is 7.71. The number of hydrogen-bond acceptors (Lipinski definition) is 3. The van der Waals surface area contributed by atoms with Crippen LogP contribution >= 0.6 is 0 Å². The predicted molar refractivity (Wildman–Crippen MR) is 118 cm³/mol. The van der Waals surface area contributed by atoms with Crippen molar-refractivity contribution in [2.75, 3.05) is 0 Å². The molecule has 0 saturated carbocycles. The van der Waals surface area contributed by atoms with Crippen LogP contribution in [0, 0.1) is 11.3 Å². The highest BCUT2D eigenvalue weighted by Gasteiger charge is 2.53. The van der Waals surface area contributed by atoms with Crippen molar-refractivity contribution in [1.29, 1.82) is 0 Å². The Labute approximate surface area is 175 Å². The largest absolute Gasteiger partial charge is 0.480 e. The fraction of sp³-hybridized carbons (Fsp3) is 0.192. The summed E-state index contributed by atoms with van der Waals surface area (Å²) >= 11 is 0. The molecule has 1 aliphatic rings. The number of carbonyl (C=O) groups excluding carboxylic acids is 1. The Kier molecular flexibility index (Phi) is 5.08. The number of hydrogen-bond donors (Lipinski definition) is 1. The molecule has 1 aliphatic carbocycles. The average molecular weight is 397 g/mol. The first-order chi connectivity index (χ1) is 14.4. The molecular formula is C26H23NO3. The summed E-state index contributed by atoms with van der Waals surface area (Å²) in [5, 5.41) is 9.84. The van der Waals surface area contributed by atoms with Crippen molar-refractivity contribution in [3.63, 3.8) is 0 Å². The number of fused-ring (bicyclic) bond motifs is 1. The minimum atomic E-state index is -1.40. The van der Waals surface area contributed by atoms with E-state index in [1.54, 1.807) is 19.9 Å². The molecule has 0 radical (unpaired) electrons. The van der Waals surface area contributed by atoms with Crippen molar-refractivity contribution in [2.45, 2.75) is 20.3 Å². The van der Waals surface area contributed by atoms with E-state index in [1.165, 1.54) is 0 Å². The van der Waals surface area contributed by atoms with E-state index in [9.17, 15) is 14.7 Å². The van der Waals surface area contributed by atoms with Crippen molar-refractivity contribution in [3.05, 3.63) is 101 Å². The number of carboxylic acid groups (broad SMARTS) is 1. The molecule has 4 rings (SSSR count). The lowest BCUT2D eigenvalue weighted by Gasteiger charge is -2.26. The van der Waals surface area contributed by atoms with Crippen molar-refractivity contribution in [3.8, 4) is 0 Å². The second-order valence-electron chi connectivity index (χ2n) is 7.97. The Balaban J connectivity index is 1.81. The Morgan fingerprint density at radius 2 is 1.50 bits per heavy atom. The van der Waals surface area contributed by atoms with Gasteiger partial charge in [0.05, 0.1) is 11.4 Å². The van der Waals surface area contributed by atoms with E-state index in [4.69, 9.17) is 4.99 Å². The summed E-state index contributed by atoms with van der Waals surface area (Å²) in [6, 6.07) is 25.2. The third kappa shape index (κ3) is 3.24. The number of carboxylic acids is 1. The zero-order chi connectivity index (χ0) is 21.3. The highest BCUT2D eigenvalue weighted by Crippen LogP contribution is 2.44. The Bertz CT molecular complexity index is 1090. The van der Waals surface area contributed by atoms with Crippen LogP contribution in [0.15, 0.2) is 83.9 Å². The minimum Gasteiger partial charge on any atom is -0.480 e. The minimum absolute atomic E-state index is 0.225. The van der Waals surface area contributed by atoms with Crippen LogP contribution in [-0.4, -0.2) is 22.6 Å². The van der Waals surface area contributed by atoms with Gasteiger partial charge in [-0.2, -0.15) is 0 Å². The third-order valence-corrected chi connectivity index (χ3v) is 5.92. The number of aliphatic carboxylic acids is 1. The number of aliphatic imine (C=N–C) groups is 1. The number of carbonyl (C=O) groups is 2. The van der Waals surface area contributed by atoms with Crippen LogP contribution in [0.1, 0.15) is 40.9 Å². The van der Waals surface area contributed by atoms with Crippen LogP contribution in [0.5, 0.6) is 0 Å². The summed E-state index contributed by atoms with van der Waals surface area (Å²) in [6.45, 7) is 3.58. The van der Waals surface area contributed by atoms with Crippen LogP contribution in [0.3, 0.4) is 0 Å². The Hall–Kier alpha value is -3.53. The molecule has 0 fully saturated rings. The zero-order valence-electron chi connectivity index (χ0n) is 17.0. The quantitative estimate of drug-likeness (QED) is 0.468. The molecule has 3 aromatic carbocycles. The fourth-order valence-corrected chi connectivity index (χ4v) is 4.12. The highest BCUT2D eigenvalue weighted by atomic mass is 16.4. The fourth-order valence-electron chi connectivity index (χ4n) is 4.12. The van der Waals surface area contributed by atoms with Gasteiger partial charge in [-0.1, -0.05) is 80.6 Å². The van der Waals surface area contributed by atoms with Gasteiger partial charge < -0.3 is 5.11 Å². The SMILES string of the molecule is CC(C)C1(C(=O)O)Cc2ccc(N=C(c3ccccc3)c3ccccc3)cc2C1=O. The standard InChI is InChI=1S/C26H23NO3/c1-17(2)26(25(29)30)16-20-13-14-21(15-22(20)24(26)28)27-23(18-9-5-3-6-10-18)19-11-7-4-8-12-19/h3-15,17H,16H2,1-2H3,(H,29,30). The van der Waals surface area contributed by atoms with Gasteiger partial charge in [0, 0.05) is 16.7 Å². The molecule has 4 heteroatoms. The van der Waals surface area contributed by atoms with Gasteiger partial charge in [0.1, 0.15) is 5.41 Å². The summed E-state index contributed by atoms with van der Waals surface area (Å²) < 4.78 is 0. The first-order valence-electron chi connectivity index (χ1n) is 10.0. The first kappa shape index (κ1) is 19.8. The zero-order valence-corrected chi connectivity index (χ0v) is 17.0. The van der Waals surface area contributed by atoms with Crippen LogP contribution in [0.2, 0.25) is 0 Å². The maximum absolute atomic E-state index is 13.2. The third-order valence-electron chi connectivity index (χ3n) is 5.92. The van der Waals surface area contributed by atoms with Gasteiger partial charge in [0.15, 0.2) is 5.78 Å². The molecule has 4 nitrogen and oxygen atoms in total. The second-order valence-corrected chi connectivity index (χ2v) is 7.97. The molecule has 0 amide bonds. The maximum Gasteiger partial charge on any atom is 0.318 e. The average Bonchev–Trinajstić information content (AvgIpc) is 3.06. The van der Waals surface area contributed by atoms with Gasteiger partial charge in [-0.15, -0.1) is 0 Å². The number of Topliss-reactive ketones (excluding diaryl/α,β-unsaturated/α-hetero) is 1. The molecule has 150 valence electrons. The summed E-state index contributed by atoms with van der Waals surface area (Å²) in [5.74, 6) is -1.68. The van der Waals surface area contributed by atoms with E-state index < -0.39 is 11.4 Å². The van der Waals surface area contributed by atoms with Crippen molar-refractivity contribution >= 4 is 23.2 Å². The van der Waals surface area contributed by atoms with Gasteiger partial charge in [-0.25, -0.2) is 4.99 Å². The van der Waals surface area contributed by atoms with E-state index in [1.807, 2.05) is 72.8 Å². The van der Waals surface area contributed by atoms with Crippen molar-refractivity contribution < 1.29 is 14.7 Å². The van der Waals surface area contributed by atoms with E-state index >= 15 is 0 Å². The van der Waals surface area contributed by atoms with Gasteiger partial charge in [-0.3, -0.25) is 9.59 Å². The Morgan fingerprint density at radius 3 is 2.00 bits per heavy atom. The summed E-state index contributed by atoms with van der Waals surface area (Å²) in [4.78, 5) is 30.0. The van der Waals surface area contributed by atoms with Crippen LogP contribution < -0.4 is 0 Å². The molecule has 0 aromatic heterocycles. The molecular weight excluding hydrogens is 374 g/mol. The lowest BCUT2D eigenvalue weighted by Crippen LogP contribution is -2.41. The lowest BCUT2D eigenvalue weighted by atomic mass is 9.74. The van der Waals surface area contributed by atoms with Crippen molar-refractivity contribution in [1.82, 2.24) is 0 Å². The number of rotatable bonds is 5. The lowest BCUT2D eigenvalue weighted by molar-refractivity contribution is -0.147. The number of ketones is 1. The van der Waals surface area contributed by atoms with Crippen LogP contribution in [-0.2, 0) is 11.2 Å². The molecule has 0 saturated heterocycles. The molecule has 0 aliphatic heterocycles. The molecule has 30 heavy (non-hydrogen) atoms. The normalized spacial score (nSPS) is 17.6. The summed E-state index contributed by atoms with van der Waals surface area (Å²) in [7, 11) is 0. The molecule has 0 bridgehead atoms. The smallest absolute Gasteiger partial charge is 0.318 e. The molecule has 3 aromatic rings. The van der Waals surface area contributed by atoms with Gasteiger partial charge in [0.2, 0.25) is 0 Å². The maximum atomic E-state index is 13.2. The molecule has 1 atom stereocenters. The van der Waals surface area contributed by atoms with Gasteiger partial charge in [0.25, 0.3) is 0 Å². The summed E-state index contributed by atoms with van der Waals surface area (Å²) in [6.07, 6.45) is 0.225. The van der Waals surface area contributed by atoms with E-state index in [-0.39, 0.29) is 18.1 Å². The monoisotopic (exact) mass is 397 g/mol. The molecule has 0 spiro atoms. The summed E-state index contributed by atoms with van der Waals surface area (Å²) in [5.41, 5.74) is 3.22. The molecule has 0 heterocycles. The highest BCUT2D eigenvalue weighted by molar-refractivity contribution is 6.17. The predicted octanol–water partition coefficient (Wildman–Crippen LogP) is 5.32. The van der Waals surface area contributed by atoms with E-state index in [2.05, 4.69) is 0 Å². The van der Waals surface area contributed by atoms with Crippen molar-refractivity contribution in [2.24, 2.45) is 16.3 Å². The van der Waals surface area contributed by atoms with E-state index in [0.717, 1.165) is 22.4 Å². The Morgan fingerprint density at radius 1 is 0.933 bits per heavy atom. The molecule has 1 N–H and O–H groups in total. The topological polar surface area (TPSA) is 66.7 Å². The van der Waals surface area contributed by atoms with Crippen LogP contribution in [0.4, 0.5) is 5.69 Å². The van der Waals surface area contributed by atoms with Crippen LogP contribution in [0.25, 0.3) is 0 Å². The number of benzene rings is 3. The molecule has 1 unspecified atom stereocenters. The number of nitrogens with zero attached hydrogens (tertiary/aromatic N) is 1. The van der Waals surface area contributed by atoms with Gasteiger partial charge in [-0.05, 0) is 30.0 Å². The van der Waals surface area contributed by atoms with E-state index in [0.29, 0.717) is 11.3 Å².